The van der Waals surface area contributed by atoms with E-state index in [2.05, 4.69) is 16.1 Å². The van der Waals surface area contributed by atoms with Crippen molar-refractivity contribution in [3.63, 3.8) is 0 Å². The molecular weight excluding hydrogens is 408 g/mol. The average Bonchev–Trinajstić information content (AvgIpc) is 3.37. The van der Waals surface area contributed by atoms with Crippen molar-refractivity contribution in [3.8, 4) is 0 Å². The van der Waals surface area contributed by atoms with Crippen LogP contribution in [0.15, 0.2) is 65.8 Å². The zero-order valence-corrected chi connectivity index (χ0v) is 19.0. The van der Waals surface area contributed by atoms with Crippen LogP contribution in [-0.2, 0) is 29.5 Å². The molecule has 0 saturated heterocycles. The second-order valence-electron chi connectivity index (χ2n) is 7.88. The van der Waals surface area contributed by atoms with Gasteiger partial charge >= 0.3 is 0 Å². The van der Waals surface area contributed by atoms with Crippen molar-refractivity contribution in [1.82, 2.24) is 19.1 Å². The molecule has 7 heteroatoms. The molecule has 0 aliphatic heterocycles. The van der Waals surface area contributed by atoms with Gasteiger partial charge in [-0.15, -0.1) is 0 Å². The molecule has 2 aromatic carbocycles. The molecule has 0 amide bonds. The SMILES string of the molecule is CCn1ccc(CN(CCc2c[nH]c3ccccc23)S(=O)(=O)c2ccc(C)cc2C)n1. The maximum absolute atomic E-state index is 13.7. The Hall–Kier alpha value is -2.90. The fourth-order valence-electron chi connectivity index (χ4n) is 3.94. The minimum absolute atomic E-state index is 0.241. The van der Waals surface area contributed by atoms with E-state index in [1.807, 2.05) is 74.2 Å². The highest BCUT2D eigenvalue weighted by Crippen LogP contribution is 2.24. The maximum Gasteiger partial charge on any atom is 0.243 e. The number of hydrogen-bond donors (Lipinski definition) is 1. The first-order valence-corrected chi connectivity index (χ1v) is 12.0. The van der Waals surface area contributed by atoms with E-state index in [-0.39, 0.29) is 6.54 Å². The number of fused-ring (bicyclic) bond motifs is 1. The van der Waals surface area contributed by atoms with E-state index in [0.717, 1.165) is 39.8 Å². The molecule has 0 saturated carbocycles. The van der Waals surface area contributed by atoms with Crippen LogP contribution in [0.5, 0.6) is 0 Å². The highest BCUT2D eigenvalue weighted by molar-refractivity contribution is 7.89. The Morgan fingerprint density at radius 1 is 1.10 bits per heavy atom. The first-order valence-electron chi connectivity index (χ1n) is 10.5. The Morgan fingerprint density at radius 3 is 2.65 bits per heavy atom. The number of nitrogens with zero attached hydrogens (tertiary/aromatic N) is 3. The zero-order valence-electron chi connectivity index (χ0n) is 18.2. The number of aromatic nitrogens is 3. The summed E-state index contributed by atoms with van der Waals surface area (Å²) in [7, 11) is -3.68. The normalized spacial score (nSPS) is 12.1. The number of rotatable bonds is 8. The summed E-state index contributed by atoms with van der Waals surface area (Å²) < 4.78 is 30.7. The van der Waals surface area contributed by atoms with Crippen LogP contribution in [0.25, 0.3) is 10.9 Å². The van der Waals surface area contributed by atoms with Crippen LogP contribution in [-0.4, -0.2) is 34.0 Å². The standard InChI is InChI=1S/C24H28N4O2S/c1-4-27-13-12-21(26-27)17-28(31(29,30)24-10-9-18(2)15-19(24)3)14-11-20-16-25-23-8-6-5-7-22(20)23/h5-10,12-13,15-16,25H,4,11,14,17H2,1-3H3. The van der Waals surface area contributed by atoms with Gasteiger partial charge in [-0.2, -0.15) is 9.40 Å². The third-order valence-corrected chi connectivity index (χ3v) is 7.62. The summed E-state index contributed by atoms with van der Waals surface area (Å²) in [5.74, 6) is 0. The molecule has 0 atom stereocenters. The number of aromatic amines is 1. The van der Waals surface area contributed by atoms with Gasteiger partial charge in [0.2, 0.25) is 10.0 Å². The van der Waals surface area contributed by atoms with Gasteiger partial charge in [0.1, 0.15) is 0 Å². The van der Waals surface area contributed by atoms with Crippen LogP contribution >= 0.6 is 0 Å². The monoisotopic (exact) mass is 436 g/mol. The van der Waals surface area contributed by atoms with Crippen LogP contribution in [0.1, 0.15) is 29.3 Å². The van der Waals surface area contributed by atoms with Crippen LogP contribution in [0, 0.1) is 13.8 Å². The summed E-state index contributed by atoms with van der Waals surface area (Å²) in [6.07, 6.45) is 4.47. The van der Waals surface area contributed by atoms with E-state index in [0.29, 0.717) is 17.9 Å². The molecule has 162 valence electrons. The molecule has 0 spiro atoms. The topological polar surface area (TPSA) is 71.0 Å². The van der Waals surface area contributed by atoms with Crippen molar-refractivity contribution >= 4 is 20.9 Å². The summed E-state index contributed by atoms with van der Waals surface area (Å²) in [5.41, 5.74) is 4.72. The van der Waals surface area contributed by atoms with Crippen LogP contribution < -0.4 is 0 Å². The lowest BCUT2D eigenvalue weighted by Gasteiger charge is -2.22. The number of sulfonamides is 1. The van der Waals surface area contributed by atoms with E-state index in [9.17, 15) is 8.42 Å². The minimum atomic E-state index is -3.68. The second kappa shape index (κ2) is 8.69. The van der Waals surface area contributed by atoms with Gasteiger partial charge in [-0.3, -0.25) is 4.68 Å². The molecule has 0 aliphatic carbocycles. The first-order chi connectivity index (χ1) is 14.9. The lowest BCUT2D eigenvalue weighted by molar-refractivity contribution is 0.403. The van der Waals surface area contributed by atoms with E-state index in [1.54, 1.807) is 10.4 Å². The first kappa shape index (κ1) is 21.3. The Kier molecular flexibility index (Phi) is 5.98. The number of benzene rings is 2. The second-order valence-corrected chi connectivity index (χ2v) is 9.79. The summed E-state index contributed by atoms with van der Waals surface area (Å²) >= 11 is 0. The molecule has 2 heterocycles. The van der Waals surface area contributed by atoms with Crippen molar-refractivity contribution in [3.05, 3.63) is 83.3 Å². The molecule has 0 radical (unpaired) electrons. The highest BCUT2D eigenvalue weighted by Gasteiger charge is 2.27. The van der Waals surface area contributed by atoms with Crippen molar-refractivity contribution in [2.45, 2.75) is 45.2 Å². The van der Waals surface area contributed by atoms with Crippen LogP contribution in [0.3, 0.4) is 0 Å². The molecule has 31 heavy (non-hydrogen) atoms. The van der Waals surface area contributed by atoms with Gasteiger partial charge < -0.3 is 4.98 Å². The molecule has 0 bridgehead atoms. The smallest absolute Gasteiger partial charge is 0.243 e. The van der Waals surface area contributed by atoms with Gasteiger partial charge in [0.25, 0.3) is 0 Å². The fourth-order valence-corrected chi connectivity index (χ4v) is 5.56. The summed E-state index contributed by atoms with van der Waals surface area (Å²) in [4.78, 5) is 3.63. The minimum Gasteiger partial charge on any atom is -0.361 e. The Bertz CT molecular complexity index is 1300. The lowest BCUT2D eigenvalue weighted by Crippen LogP contribution is -2.33. The highest BCUT2D eigenvalue weighted by atomic mass is 32.2. The Morgan fingerprint density at radius 2 is 1.90 bits per heavy atom. The van der Waals surface area contributed by atoms with Crippen LogP contribution in [0.2, 0.25) is 0 Å². The largest absolute Gasteiger partial charge is 0.361 e. The summed E-state index contributed by atoms with van der Waals surface area (Å²) in [6.45, 7) is 7.19. The fraction of sp³-hybridized carbons (Fsp3) is 0.292. The van der Waals surface area contributed by atoms with Crippen LogP contribution in [0.4, 0.5) is 0 Å². The van der Waals surface area contributed by atoms with E-state index in [4.69, 9.17) is 0 Å². The Balaban J connectivity index is 1.66. The number of para-hydroxylation sites is 1. The van der Waals surface area contributed by atoms with E-state index >= 15 is 0 Å². The molecular formula is C24H28N4O2S. The molecule has 6 nitrogen and oxygen atoms in total. The average molecular weight is 437 g/mol. The third kappa shape index (κ3) is 4.43. The van der Waals surface area contributed by atoms with Crippen molar-refractivity contribution in [1.29, 1.82) is 0 Å². The van der Waals surface area contributed by atoms with E-state index in [1.165, 1.54) is 0 Å². The lowest BCUT2D eigenvalue weighted by atomic mass is 10.1. The van der Waals surface area contributed by atoms with Gasteiger partial charge in [0.05, 0.1) is 17.1 Å². The summed E-state index contributed by atoms with van der Waals surface area (Å²) in [5, 5.41) is 5.64. The quantitative estimate of drug-likeness (QED) is 0.444. The van der Waals surface area contributed by atoms with E-state index < -0.39 is 10.0 Å². The molecule has 4 rings (SSSR count). The van der Waals surface area contributed by atoms with Crippen molar-refractivity contribution in [2.75, 3.05) is 6.54 Å². The van der Waals surface area contributed by atoms with Gasteiger partial charge in [-0.1, -0.05) is 35.9 Å². The molecule has 0 fully saturated rings. The summed E-state index contributed by atoms with van der Waals surface area (Å²) in [6, 6.07) is 15.4. The third-order valence-electron chi connectivity index (χ3n) is 5.61. The molecule has 2 aromatic heterocycles. The molecule has 4 aromatic rings. The maximum atomic E-state index is 13.7. The number of nitrogens with one attached hydrogen (secondary N) is 1. The Labute approximate surface area is 183 Å². The van der Waals surface area contributed by atoms with Gasteiger partial charge in [0.15, 0.2) is 0 Å². The molecule has 0 aliphatic rings. The number of H-pyrrole nitrogens is 1. The van der Waals surface area contributed by atoms with Gasteiger partial charge in [-0.25, -0.2) is 8.42 Å². The van der Waals surface area contributed by atoms with Gasteiger partial charge in [-0.05, 0) is 56.5 Å². The molecule has 0 unspecified atom stereocenters. The number of aryl methyl sites for hydroxylation is 3. The van der Waals surface area contributed by atoms with Gasteiger partial charge in [0, 0.05) is 36.4 Å². The zero-order chi connectivity index (χ0) is 22.0. The number of hydrogen-bond acceptors (Lipinski definition) is 3. The molecule has 1 N–H and O–H groups in total. The predicted molar refractivity (Wildman–Crippen MR) is 123 cm³/mol. The van der Waals surface area contributed by atoms with Crippen molar-refractivity contribution in [2.24, 2.45) is 0 Å². The predicted octanol–water partition coefficient (Wildman–Crippen LogP) is 4.43. The van der Waals surface area contributed by atoms with Crippen molar-refractivity contribution < 1.29 is 8.42 Å².